The Balaban J connectivity index is 1.98. The van der Waals surface area contributed by atoms with E-state index in [2.05, 4.69) is 4.90 Å². The van der Waals surface area contributed by atoms with Gasteiger partial charge < -0.3 is 0 Å². The van der Waals surface area contributed by atoms with Gasteiger partial charge in [-0.1, -0.05) is 0 Å². The molecule has 4 rings (SSSR count). The Morgan fingerprint density at radius 2 is 2.00 bits per heavy atom. The largest absolute Gasteiger partial charge is 0.297 e. The third-order valence-electron chi connectivity index (χ3n) is 3.82. The van der Waals surface area contributed by atoms with Crippen molar-refractivity contribution in [2.24, 2.45) is 5.92 Å². The molecule has 1 aliphatic carbocycles. The molecule has 4 aliphatic rings. The van der Waals surface area contributed by atoms with Crippen LogP contribution in [0.15, 0.2) is 11.6 Å². The van der Waals surface area contributed by atoms with Crippen molar-refractivity contribution < 1.29 is 4.79 Å². The number of hydrogen-bond acceptors (Lipinski definition) is 2. The maximum atomic E-state index is 11.3. The van der Waals surface area contributed by atoms with Crippen LogP contribution in [0.1, 0.15) is 25.7 Å². The van der Waals surface area contributed by atoms with Crippen LogP contribution in [0.3, 0.4) is 0 Å². The predicted octanol–water partition coefficient (Wildman–Crippen LogP) is 1.37. The van der Waals surface area contributed by atoms with Crippen molar-refractivity contribution in [2.45, 2.75) is 31.7 Å². The Labute approximate surface area is 78.6 Å². The minimum absolute atomic E-state index is 0.361. The molecule has 0 spiro atoms. The maximum absolute atomic E-state index is 11.3. The summed E-state index contributed by atoms with van der Waals surface area (Å²) in [7, 11) is 0. The van der Waals surface area contributed by atoms with E-state index in [4.69, 9.17) is 0 Å². The van der Waals surface area contributed by atoms with Crippen LogP contribution in [0, 0.1) is 5.92 Å². The van der Waals surface area contributed by atoms with Gasteiger partial charge in [-0.2, -0.15) is 0 Å². The van der Waals surface area contributed by atoms with Crippen LogP contribution >= 0.6 is 0 Å². The van der Waals surface area contributed by atoms with Crippen molar-refractivity contribution in [1.82, 2.24) is 4.90 Å². The molecule has 3 fully saturated rings. The third kappa shape index (κ3) is 1.08. The van der Waals surface area contributed by atoms with Crippen molar-refractivity contribution in [3.05, 3.63) is 11.6 Å². The fourth-order valence-corrected chi connectivity index (χ4v) is 3.13. The molecule has 70 valence electrons. The molecule has 13 heavy (non-hydrogen) atoms. The molecule has 3 saturated heterocycles. The summed E-state index contributed by atoms with van der Waals surface area (Å²) in [5, 5.41) is 0. The van der Waals surface area contributed by atoms with E-state index in [9.17, 15) is 4.79 Å². The van der Waals surface area contributed by atoms with Gasteiger partial charge in [-0.25, -0.2) is 0 Å². The number of carbonyl (C=O) groups excluding carboxylic acids is 1. The van der Waals surface area contributed by atoms with Gasteiger partial charge in [0.2, 0.25) is 0 Å². The first-order valence-electron chi connectivity index (χ1n) is 5.33. The second-order valence-corrected chi connectivity index (χ2v) is 4.48. The van der Waals surface area contributed by atoms with Gasteiger partial charge in [0.25, 0.3) is 0 Å². The Hall–Kier alpha value is -0.630. The molecular weight excluding hydrogens is 162 g/mol. The summed E-state index contributed by atoms with van der Waals surface area (Å²) in [6.45, 7) is 2.53. The van der Waals surface area contributed by atoms with Gasteiger partial charge in [0, 0.05) is 12.5 Å². The highest BCUT2D eigenvalue weighted by molar-refractivity contribution is 5.91. The van der Waals surface area contributed by atoms with Crippen molar-refractivity contribution in [3.63, 3.8) is 0 Å². The van der Waals surface area contributed by atoms with E-state index in [0.29, 0.717) is 11.8 Å². The average molecular weight is 177 g/mol. The Kier molecular flexibility index (Phi) is 1.59. The van der Waals surface area contributed by atoms with Crippen LogP contribution in [-0.4, -0.2) is 29.8 Å². The lowest BCUT2D eigenvalue weighted by atomic mass is 9.74. The van der Waals surface area contributed by atoms with Gasteiger partial charge in [0.1, 0.15) is 0 Å². The summed E-state index contributed by atoms with van der Waals surface area (Å²) < 4.78 is 0. The molecule has 0 aromatic heterocycles. The highest BCUT2D eigenvalue weighted by Gasteiger charge is 2.39. The molecule has 2 heteroatoms. The monoisotopic (exact) mass is 177 g/mol. The van der Waals surface area contributed by atoms with E-state index < -0.39 is 0 Å². The highest BCUT2D eigenvalue weighted by Crippen LogP contribution is 2.40. The summed E-state index contributed by atoms with van der Waals surface area (Å²) in [6, 6.07) is 0.644. The SMILES string of the molecule is O=C1C=C2C3CCN(CC3)[C@H]2CC1. The van der Waals surface area contributed by atoms with Crippen LogP contribution in [0.5, 0.6) is 0 Å². The number of allylic oxidation sites excluding steroid dienone is 1. The van der Waals surface area contributed by atoms with Gasteiger partial charge in [0.15, 0.2) is 5.78 Å². The van der Waals surface area contributed by atoms with Crippen molar-refractivity contribution in [1.29, 1.82) is 0 Å². The van der Waals surface area contributed by atoms with E-state index in [0.717, 1.165) is 18.8 Å². The summed E-state index contributed by atoms with van der Waals surface area (Å²) in [5.74, 6) is 1.11. The Morgan fingerprint density at radius 1 is 1.23 bits per heavy atom. The first-order chi connectivity index (χ1) is 6.34. The number of piperidine rings is 3. The number of carbonyl (C=O) groups is 1. The first-order valence-corrected chi connectivity index (χ1v) is 5.33. The fraction of sp³-hybridized carbons (Fsp3) is 0.727. The quantitative estimate of drug-likeness (QED) is 0.557. The highest BCUT2D eigenvalue weighted by atomic mass is 16.1. The number of ketones is 1. The lowest BCUT2D eigenvalue weighted by Gasteiger charge is -2.48. The molecule has 0 N–H and O–H groups in total. The number of hydrogen-bond donors (Lipinski definition) is 0. The lowest BCUT2D eigenvalue weighted by molar-refractivity contribution is -0.115. The second-order valence-electron chi connectivity index (χ2n) is 4.48. The molecule has 2 nitrogen and oxygen atoms in total. The van der Waals surface area contributed by atoms with Gasteiger partial charge in [0.05, 0.1) is 0 Å². The van der Waals surface area contributed by atoms with Gasteiger partial charge in [-0.05, 0) is 49.9 Å². The molecular formula is C11H15NO. The van der Waals surface area contributed by atoms with E-state index in [1.165, 1.54) is 31.5 Å². The topological polar surface area (TPSA) is 20.3 Å². The maximum Gasteiger partial charge on any atom is 0.155 e. The number of fused-ring (bicyclic) bond motifs is 2. The van der Waals surface area contributed by atoms with Gasteiger partial charge in [-0.15, -0.1) is 0 Å². The molecule has 0 unspecified atom stereocenters. The molecule has 2 bridgehead atoms. The summed E-state index contributed by atoms with van der Waals surface area (Å²) >= 11 is 0. The zero-order valence-corrected chi connectivity index (χ0v) is 7.83. The molecule has 0 aromatic rings. The molecule has 0 saturated carbocycles. The van der Waals surface area contributed by atoms with E-state index in [-0.39, 0.29) is 0 Å². The predicted molar refractivity (Wildman–Crippen MR) is 50.4 cm³/mol. The second kappa shape index (κ2) is 2.68. The molecule has 0 amide bonds. The molecule has 3 heterocycles. The molecule has 1 atom stereocenters. The standard InChI is InChI=1S/C11H15NO/c13-9-1-2-11-10(7-9)8-3-5-12(11)6-4-8/h7-8,11H,1-6H2/t11-/m0/s1. The lowest BCUT2D eigenvalue weighted by Crippen LogP contribution is -2.51. The normalized spacial score (nSPS) is 42.9. The van der Waals surface area contributed by atoms with Crippen LogP contribution < -0.4 is 0 Å². The number of nitrogens with zero attached hydrogens (tertiary/aromatic N) is 1. The zero-order valence-electron chi connectivity index (χ0n) is 7.83. The summed E-state index contributed by atoms with van der Waals surface area (Å²) in [6.07, 6.45) is 6.38. The van der Waals surface area contributed by atoms with E-state index in [1.807, 2.05) is 6.08 Å². The first kappa shape index (κ1) is 7.74. The minimum Gasteiger partial charge on any atom is -0.297 e. The molecule has 0 radical (unpaired) electrons. The van der Waals surface area contributed by atoms with Crippen LogP contribution in [0.25, 0.3) is 0 Å². The van der Waals surface area contributed by atoms with E-state index in [1.54, 1.807) is 0 Å². The van der Waals surface area contributed by atoms with Gasteiger partial charge >= 0.3 is 0 Å². The summed E-state index contributed by atoms with van der Waals surface area (Å²) in [4.78, 5) is 13.9. The summed E-state index contributed by atoms with van der Waals surface area (Å²) in [5.41, 5.74) is 1.47. The van der Waals surface area contributed by atoms with Crippen LogP contribution in [0.4, 0.5) is 0 Å². The minimum atomic E-state index is 0.361. The van der Waals surface area contributed by atoms with Crippen molar-refractivity contribution in [2.75, 3.05) is 13.1 Å². The van der Waals surface area contributed by atoms with Crippen molar-refractivity contribution >= 4 is 5.78 Å². The molecule has 3 aliphatic heterocycles. The number of rotatable bonds is 0. The fourth-order valence-electron chi connectivity index (χ4n) is 3.13. The van der Waals surface area contributed by atoms with E-state index >= 15 is 0 Å². The average Bonchev–Trinajstić information content (AvgIpc) is 2.19. The Morgan fingerprint density at radius 3 is 2.77 bits per heavy atom. The smallest absolute Gasteiger partial charge is 0.155 e. The van der Waals surface area contributed by atoms with Crippen molar-refractivity contribution in [3.8, 4) is 0 Å². The van der Waals surface area contributed by atoms with Crippen LogP contribution in [0.2, 0.25) is 0 Å². The Bertz CT molecular complexity index is 274. The molecule has 0 aromatic carbocycles. The zero-order chi connectivity index (χ0) is 8.84. The third-order valence-corrected chi connectivity index (χ3v) is 3.82. The van der Waals surface area contributed by atoms with Gasteiger partial charge in [-0.3, -0.25) is 9.69 Å². The van der Waals surface area contributed by atoms with Crippen LogP contribution in [-0.2, 0) is 4.79 Å².